The SMILES string of the molecule is CCCOc1cccc(C(Cl)C(=O)N2CCCCCC2)c1. The Hall–Kier alpha value is -1.22. The highest BCUT2D eigenvalue weighted by atomic mass is 35.5. The van der Waals surface area contributed by atoms with Crippen molar-refractivity contribution in [2.24, 2.45) is 0 Å². The number of carbonyl (C=O) groups is 1. The van der Waals surface area contributed by atoms with E-state index in [-0.39, 0.29) is 5.91 Å². The topological polar surface area (TPSA) is 29.5 Å². The first-order chi connectivity index (χ1) is 10.2. The Balaban J connectivity index is 2.03. The molecule has 116 valence electrons. The van der Waals surface area contributed by atoms with Gasteiger partial charge in [0.2, 0.25) is 5.91 Å². The molecule has 0 radical (unpaired) electrons. The average Bonchev–Trinajstić information content (AvgIpc) is 2.81. The fraction of sp³-hybridized carbons (Fsp3) is 0.588. The maximum Gasteiger partial charge on any atom is 0.245 e. The summed E-state index contributed by atoms with van der Waals surface area (Å²) in [4.78, 5) is 14.4. The van der Waals surface area contributed by atoms with Gasteiger partial charge in [-0.25, -0.2) is 0 Å². The van der Waals surface area contributed by atoms with Crippen molar-refractivity contribution < 1.29 is 9.53 Å². The van der Waals surface area contributed by atoms with Gasteiger partial charge in [0.05, 0.1) is 6.61 Å². The number of hydrogen-bond acceptors (Lipinski definition) is 2. The van der Waals surface area contributed by atoms with E-state index >= 15 is 0 Å². The second kappa shape index (κ2) is 8.28. The molecule has 1 amide bonds. The molecule has 0 aromatic heterocycles. The van der Waals surface area contributed by atoms with E-state index in [2.05, 4.69) is 6.92 Å². The second-order valence-electron chi connectivity index (χ2n) is 5.52. The smallest absolute Gasteiger partial charge is 0.245 e. The molecule has 2 rings (SSSR count). The maximum absolute atomic E-state index is 12.5. The normalized spacial score (nSPS) is 17.1. The molecule has 3 nitrogen and oxygen atoms in total. The molecule has 1 atom stereocenters. The summed E-state index contributed by atoms with van der Waals surface area (Å²) in [6, 6.07) is 7.57. The van der Waals surface area contributed by atoms with E-state index < -0.39 is 5.38 Å². The summed E-state index contributed by atoms with van der Waals surface area (Å²) < 4.78 is 5.61. The Morgan fingerprint density at radius 1 is 1.29 bits per heavy atom. The van der Waals surface area contributed by atoms with Crippen molar-refractivity contribution in [2.75, 3.05) is 19.7 Å². The molecule has 0 N–H and O–H groups in total. The molecule has 21 heavy (non-hydrogen) atoms. The van der Waals surface area contributed by atoms with Crippen molar-refractivity contribution in [1.82, 2.24) is 4.90 Å². The fourth-order valence-corrected chi connectivity index (χ4v) is 2.85. The third-order valence-electron chi connectivity index (χ3n) is 3.76. The van der Waals surface area contributed by atoms with Crippen molar-refractivity contribution in [3.05, 3.63) is 29.8 Å². The number of nitrogens with zero attached hydrogens (tertiary/aromatic N) is 1. The highest BCUT2D eigenvalue weighted by molar-refractivity contribution is 6.30. The molecule has 1 saturated heterocycles. The van der Waals surface area contributed by atoms with Gasteiger partial charge >= 0.3 is 0 Å². The van der Waals surface area contributed by atoms with E-state index in [0.717, 1.165) is 43.7 Å². The van der Waals surface area contributed by atoms with Gasteiger partial charge < -0.3 is 9.64 Å². The number of benzene rings is 1. The van der Waals surface area contributed by atoms with Crippen LogP contribution in [0.25, 0.3) is 0 Å². The maximum atomic E-state index is 12.5. The Bertz CT molecular complexity index is 456. The average molecular weight is 310 g/mol. The largest absolute Gasteiger partial charge is 0.494 e. The predicted molar refractivity (Wildman–Crippen MR) is 85.9 cm³/mol. The van der Waals surface area contributed by atoms with Crippen LogP contribution in [0, 0.1) is 0 Å². The Morgan fingerprint density at radius 3 is 2.67 bits per heavy atom. The van der Waals surface area contributed by atoms with Gasteiger partial charge in [0.25, 0.3) is 0 Å². The van der Waals surface area contributed by atoms with Crippen molar-refractivity contribution >= 4 is 17.5 Å². The van der Waals surface area contributed by atoms with Crippen LogP contribution in [0.3, 0.4) is 0 Å². The fourth-order valence-electron chi connectivity index (χ4n) is 2.58. The summed E-state index contributed by atoms with van der Waals surface area (Å²) in [6.45, 7) is 4.40. The minimum atomic E-state index is -0.617. The minimum Gasteiger partial charge on any atom is -0.494 e. The zero-order chi connectivity index (χ0) is 15.1. The third-order valence-corrected chi connectivity index (χ3v) is 4.20. The van der Waals surface area contributed by atoms with Gasteiger partial charge in [-0.3, -0.25) is 4.79 Å². The van der Waals surface area contributed by atoms with E-state index in [1.807, 2.05) is 29.2 Å². The van der Waals surface area contributed by atoms with Crippen LogP contribution in [0.1, 0.15) is 50.0 Å². The van der Waals surface area contributed by atoms with Gasteiger partial charge in [0, 0.05) is 13.1 Å². The van der Waals surface area contributed by atoms with Gasteiger partial charge in [0.15, 0.2) is 0 Å². The summed E-state index contributed by atoms with van der Waals surface area (Å²) in [6.07, 6.45) is 5.53. The molecule has 0 spiro atoms. The van der Waals surface area contributed by atoms with Crippen LogP contribution in [-0.2, 0) is 4.79 Å². The Labute approximate surface area is 132 Å². The lowest BCUT2D eigenvalue weighted by Crippen LogP contribution is -2.34. The summed E-state index contributed by atoms with van der Waals surface area (Å²) in [7, 11) is 0. The number of halogens is 1. The number of amides is 1. The first-order valence-electron chi connectivity index (χ1n) is 7.88. The molecule has 1 aromatic carbocycles. The lowest BCUT2D eigenvalue weighted by molar-refractivity contribution is -0.130. The van der Waals surface area contributed by atoms with E-state index in [9.17, 15) is 4.79 Å². The predicted octanol–water partition coefficient (Wildman–Crippen LogP) is 4.16. The van der Waals surface area contributed by atoms with Crippen LogP contribution in [0.15, 0.2) is 24.3 Å². The number of rotatable bonds is 5. The highest BCUT2D eigenvalue weighted by Gasteiger charge is 2.24. The molecule has 0 saturated carbocycles. The Morgan fingerprint density at radius 2 is 2.00 bits per heavy atom. The molecule has 1 unspecified atom stereocenters. The molecule has 1 fully saturated rings. The number of likely N-dealkylation sites (tertiary alicyclic amines) is 1. The van der Waals surface area contributed by atoms with E-state index in [4.69, 9.17) is 16.3 Å². The number of carbonyl (C=O) groups excluding carboxylic acids is 1. The van der Waals surface area contributed by atoms with Crippen molar-refractivity contribution in [1.29, 1.82) is 0 Å². The van der Waals surface area contributed by atoms with Crippen LogP contribution in [-0.4, -0.2) is 30.5 Å². The third kappa shape index (κ3) is 4.63. The molecule has 1 aliphatic rings. The van der Waals surface area contributed by atoms with Crippen LogP contribution in [0.5, 0.6) is 5.75 Å². The summed E-state index contributed by atoms with van der Waals surface area (Å²) >= 11 is 6.40. The van der Waals surface area contributed by atoms with Crippen molar-refractivity contribution in [3.63, 3.8) is 0 Å². The molecule has 4 heteroatoms. The quantitative estimate of drug-likeness (QED) is 0.764. The van der Waals surface area contributed by atoms with Gasteiger partial charge in [-0.2, -0.15) is 0 Å². The zero-order valence-electron chi connectivity index (χ0n) is 12.7. The molecular formula is C17H24ClNO2. The molecule has 0 bridgehead atoms. The lowest BCUT2D eigenvalue weighted by Gasteiger charge is -2.23. The summed E-state index contributed by atoms with van der Waals surface area (Å²) in [5, 5.41) is -0.617. The summed E-state index contributed by atoms with van der Waals surface area (Å²) in [5.41, 5.74) is 0.819. The van der Waals surface area contributed by atoms with E-state index in [0.29, 0.717) is 6.61 Å². The lowest BCUT2D eigenvalue weighted by atomic mass is 10.1. The molecule has 0 aliphatic carbocycles. The summed E-state index contributed by atoms with van der Waals surface area (Å²) in [5.74, 6) is 0.801. The first kappa shape index (κ1) is 16.2. The van der Waals surface area contributed by atoms with E-state index in [1.165, 1.54) is 12.8 Å². The number of alkyl halides is 1. The molecule has 1 heterocycles. The highest BCUT2D eigenvalue weighted by Crippen LogP contribution is 2.27. The standard InChI is InChI=1S/C17H24ClNO2/c1-2-12-21-15-9-7-8-14(13-15)16(18)17(20)19-10-5-3-4-6-11-19/h7-9,13,16H,2-6,10-12H2,1H3. The second-order valence-corrected chi connectivity index (χ2v) is 5.96. The number of hydrogen-bond donors (Lipinski definition) is 0. The van der Waals surface area contributed by atoms with Crippen molar-refractivity contribution in [2.45, 2.75) is 44.4 Å². The molecule has 1 aromatic rings. The van der Waals surface area contributed by atoms with Gasteiger partial charge in [-0.15, -0.1) is 11.6 Å². The monoisotopic (exact) mass is 309 g/mol. The first-order valence-corrected chi connectivity index (χ1v) is 8.31. The van der Waals surface area contributed by atoms with Crippen LogP contribution in [0.2, 0.25) is 0 Å². The van der Waals surface area contributed by atoms with Crippen LogP contribution in [0.4, 0.5) is 0 Å². The van der Waals surface area contributed by atoms with Crippen LogP contribution >= 0.6 is 11.6 Å². The van der Waals surface area contributed by atoms with Crippen LogP contribution < -0.4 is 4.74 Å². The molecule has 1 aliphatic heterocycles. The van der Waals surface area contributed by atoms with Gasteiger partial charge in [0.1, 0.15) is 11.1 Å². The zero-order valence-corrected chi connectivity index (χ0v) is 13.4. The minimum absolute atomic E-state index is 0.0196. The van der Waals surface area contributed by atoms with Gasteiger partial charge in [-0.05, 0) is 37.0 Å². The number of ether oxygens (including phenoxy) is 1. The van der Waals surface area contributed by atoms with Crippen molar-refractivity contribution in [3.8, 4) is 5.75 Å². The Kier molecular flexibility index (Phi) is 6.37. The van der Waals surface area contributed by atoms with Gasteiger partial charge in [-0.1, -0.05) is 31.9 Å². The molecular weight excluding hydrogens is 286 g/mol. The van der Waals surface area contributed by atoms with E-state index in [1.54, 1.807) is 0 Å².